The Balaban J connectivity index is 1.73. The molecule has 1 aliphatic carbocycles. The van der Waals surface area contributed by atoms with E-state index in [0.717, 1.165) is 39.1 Å². The molecule has 0 N–H and O–H groups in total. The van der Waals surface area contributed by atoms with Crippen molar-refractivity contribution in [3.05, 3.63) is 0 Å². The Kier molecular flexibility index (Phi) is 4.22. The second kappa shape index (κ2) is 5.67. The van der Waals surface area contributed by atoms with E-state index >= 15 is 0 Å². The smallest absolute Gasteiger partial charge is 0.222 e. The number of carbonyl (C=O) groups is 1. The minimum absolute atomic E-state index is 0.405. The Bertz CT molecular complexity index is 228. The van der Waals surface area contributed by atoms with Gasteiger partial charge >= 0.3 is 0 Å². The van der Waals surface area contributed by atoms with Crippen LogP contribution in [0.15, 0.2) is 0 Å². The van der Waals surface area contributed by atoms with Crippen LogP contribution in [0.3, 0.4) is 0 Å². The molecule has 92 valence electrons. The fraction of sp³-hybridized carbons (Fsp3) is 0.923. The number of amides is 1. The maximum absolute atomic E-state index is 12.1. The summed E-state index contributed by atoms with van der Waals surface area (Å²) in [5.41, 5.74) is 0. The average Bonchev–Trinajstić information content (AvgIpc) is 2.82. The zero-order chi connectivity index (χ0) is 11.4. The molecule has 1 saturated carbocycles. The summed E-state index contributed by atoms with van der Waals surface area (Å²) in [7, 11) is 0. The van der Waals surface area contributed by atoms with Gasteiger partial charge in [-0.3, -0.25) is 4.79 Å². The van der Waals surface area contributed by atoms with Gasteiger partial charge in [0, 0.05) is 32.6 Å². The third-order valence-electron chi connectivity index (χ3n) is 4.11. The zero-order valence-electron chi connectivity index (χ0n) is 10.5. The first-order valence-electron chi connectivity index (χ1n) is 6.79. The van der Waals surface area contributed by atoms with Crippen LogP contribution >= 0.6 is 0 Å². The molecule has 0 bridgehead atoms. The molecule has 1 amide bonds. The van der Waals surface area contributed by atoms with Crippen LogP contribution < -0.4 is 0 Å². The average molecular weight is 224 g/mol. The van der Waals surface area contributed by atoms with Gasteiger partial charge in [0.1, 0.15) is 0 Å². The molecule has 0 unspecified atom stereocenters. The SMILES string of the molecule is CCN1CCN(C(=O)CC2CCCC2)CC1. The summed E-state index contributed by atoms with van der Waals surface area (Å²) in [5, 5.41) is 0. The zero-order valence-corrected chi connectivity index (χ0v) is 10.5. The quantitative estimate of drug-likeness (QED) is 0.729. The molecule has 2 fully saturated rings. The molecule has 3 heteroatoms. The molecule has 1 saturated heterocycles. The maximum Gasteiger partial charge on any atom is 0.222 e. The van der Waals surface area contributed by atoms with Gasteiger partial charge in [-0.05, 0) is 25.3 Å². The summed E-state index contributed by atoms with van der Waals surface area (Å²) < 4.78 is 0. The van der Waals surface area contributed by atoms with Gasteiger partial charge in [0.15, 0.2) is 0 Å². The molecular weight excluding hydrogens is 200 g/mol. The standard InChI is InChI=1S/C13H24N2O/c1-2-14-7-9-15(10-8-14)13(16)11-12-5-3-4-6-12/h12H,2-11H2,1H3. The van der Waals surface area contributed by atoms with Crippen LogP contribution in [-0.2, 0) is 4.79 Å². The molecule has 2 rings (SSSR count). The lowest BCUT2D eigenvalue weighted by Gasteiger charge is -2.34. The largest absolute Gasteiger partial charge is 0.340 e. The Labute approximate surface area is 98.8 Å². The molecule has 16 heavy (non-hydrogen) atoms. The first-order chi connectivity index (χ1) is 7.79. The van der Waals surface area contributed by atoms with Gasteiger partial charge in [-0.25, -0.2) is 0 Å². The third kappa shape index (κ3) is 2.97. The molecular formula is C13H24N2O. The summed E-state index contributed by atoms with van der Waals surface area (Å²) in [6, 6.07) is 0. The van der Waals surface area contributed by atoms with E-state index in [9.17, 15) is 4.79 Å². The fourth-order valence-corrected chi connectivity index (χ4v) is 2.90. The summed E-state index contributed by atoms with van der Waals surface area (Å²) in [4.78, 5) is 16.5. The highest BCUT2D eigenvalue weighted by Crippen LogP contribution is 2.28. The Morgan fingerprint density at radius 3 is 2.31 bits per heavy atom. The highest BCUT2D eigenvalue weighted by molar-refractivity contribution is 5.76. The molecule has 3 nitrogen and oxygen atoms in total. The summed E-state index contributed by atoms with van der Waals surface area (Å²) in [6.07, 6.45) is 6.04. The van der Waals surface area contributed by atoms with Gasteiger partial charge in [-0.2, -0.15) is 0 Å². The minimum Gasteiger partial charge on any atom is -0.340 e. The summed E-state index contributed by atoms with van der Waals surface area (Å²) in [6.45, 7) is 7.32. The van der Waals surface area contributed by atoms with Crippen molar-refractivity contribution in [1.82, 2.24) is 9.80 Å². The minimum atomic E-state index is 0.405. The van der Waals surface area contributed by atoms with Gasteiger partial charge in [-0.15, -0.1) is 0 Å². The van der Waals surface area contributed by atoms with E-state index in [-0.39, 0.29) is 0 Å². The highest BCUT2D eigenvalue weighted by Gasteiger charge is 2.24. The first kappa shape index (κ1) is 11.9. The predicted molar refractivity (Wildman–Crippen MR) is 65.3 cm³/mol. The third-order valence-corrected chi connectivity index (χ3v) is 4.11. The molecule has 0 aromatic carbocycles. The van der Waals surface area contributed by atoms with Crippen LogP contribution in [0.1, 0.15) is 39.0 Å². The topological polar surface area (TPSA) is 23.6 Å². The molecule has 0 atom stereocenters. The predicted octanol–water partition coefficient (Wildman–Crippen LogP) is 1.73. The lowest BCUT2D eigenvalue weighted by atomic mass is 10.0. The first-order valence-corrected chi connectivity index (χ1v) is 6.79. The van der Waals surface area contributed by atoms with Crippen molar-refractivity contribution in [3.8, 4) is 0 Å². The fourth-order valence-electron chi connectivity index (χ4n) is 2.90. The number of likely N-dealkylation sites (N-methyl/N-ethyl adjacent to an activating group) is 1. The second-order valence-corrected chi connectivity index (χ2v) is 5.17. The van der Waals surface area contributed by atoms with Gasteiger partial charge in [-0.1, -0.05) is 19.8 Å². The highest BCUT2D eigenvalue weighted by atomic mass is 16.2. The maximum atomic E-state index is 12.1. The van der Waals surface area contributed by atoms with Crippen LogP contribution in [0.25, 0.3) is 0 Å². The van der Waals surface area contributed by atoms with Crippen LogP contribution in [0.4, 0.5) is 0 Å². The molecule has 1 aliphatic heterocycles. The normalized spacial score (nSPS) is 23.9. The van der Waals surface area contributed by atoms with Crippen molar-refractivity contribution < 1.29 is 4.79 Å². The molecule has 0 aromatic heterocycles. The van der Waals surface area contributed by atoms with Crippen molar-refractivity contribution >= 4 is 5.91 Å². The van der Waals surface area contributed by atoms with Gasteiger partial charge in [0.25, 0.3) is 0 Å². The van der Waals surface area contributed by atoms with Crippen molar-refractivity contribution in [2.75, 3.05) is 32.7 Å². The molecule has 2 aliphatic rings. The van der Waals surface area contributed by atoms with Gasteiger partial charge in [0.05, 0.1) is 0 Å². The summed E-state index contributed by atoms with van der Waals surface area (Å²) >= 11 is 0. The van der Waals surface area contributed by atoms with E-state index in [2.05, 4.69) is 16.7 Å². The Morgan fingerprint density at radius 2 is 1.75 bits per heavy atom. The van der Waals surface area contributed by atoms with E-state index in [1.165, 1.54) is 25.7 Å². The summed E-state index contributed by atoms with van der Waals surface area (Å²) in [5.74, 6) is 1.10. The molecule has 0 spiro atoms. The Morgan fingerprint density at radius 1 is 1.12 bits per heavy atom. The number of nitrogens with zero attached hydrogens (tertiary/aromatic N) is 2. The van der Waals surface area contributed by atoms with Crippen molar-refractivity contribution in [3.63, 3.8) is 0 Å². The number of hydrogen-bond acceptors (Lipinski definition) is 2. The number of carbonyl (C=O) groups excluding carboxylic acids is 1. The van der Waals surface area contributed by atoms with Crippen molar-refractivity contribution in [2.45, 2.75) is 39.0 Å². The number of piperazine rings is 1. The monoisotopic (exact) mass is 224 g/mol. The van der Waals surface area contributed by atoms with E-state index in [1.54, 1.807) is 0 Å². The molecule has 0 radical (unpaired) electrons. The lowest BCUT2D eigenvalue weighted by Crippen LogP contribution is -2.48. The number of rotatable bonds is 3. The number of hydrogen-bond donors (Lipinski definition) is 0. The lowest BCUT2D eigenvalue weighted by molar-refractivity contribution is -0.133. The van der Waals surface area contributed by atoms with Crippen LogP contribution in [0, 0.1) is 5.92 Å². The van der Waals surface area contributed by atoms with E-state index in [4.69, 9.17) is 0 Å². The van der Waals surface area contributed by atoms with Crippen molar-refractivity contribution in [1.29, 1.82) is 0 Å². The van der Waals surface area contributed by atoms with E-state index in [1.807, 2.05) is 0 Å². The van der Waals surface area contributed by atoms with Gasteiger partial charge < -0.3 is 9.80 Å². The van der Waals surface area contributed by atoms with E-state index in [0.29, 0.717) is 11.8 Å². The van der Waals surface area contributed by atoms with E-state index < -0.39 is 0 Å². The molecule has 0 aromatic rings. The Hall–Kier alpha value is -0.570. The van der Waals surface area contributed by atoms with Crippen molar-refractivity contribution in [2.24, 2.45) is 5.92 Å². The second-order valence-electron chi connectivity index (χ2n) is 5.17. The van der Waals surface area contributed by atoms with Crippen LogP contribution in [-0.4, -0.2) is 48.4 Å². The van der Waals surface area contributed by atoms with Crippen LogP contribution in [0.2, 0.25) is 0 Å². The van der Waals surface area contributed by atoms with Gasteiger partial charge in [0.2, 0.25) is 5.91 Å². The van der Waals surface area contributed by atoms with Crippen LogP contribution in [0.5, 0.6) is 0 Å². The molecule has 1 heterocycles.